The van der Waals surface area contributed by atoms with Gasteiger partial charge in [-0.15, -0.1) is 0 Å². The molecule has 0 N–H and O–H groups in total. The van der Waals surface area contributed by atoms with Gasteiger partial charge in [-0.1, -0.05) is 60.8 Å². The Labute approximate surface area is 136 Å². The minimum atomic E-state index is 0.193. The van der Waals surface area contributed by atoms with Crippen molar-refractivity contribution in [2.24, 2.45) is 5.41 Å². The van der Waals surface area contributed by atoms with Gasteiger partial charge < -0.3 is 0 Å². The average Bonchev–Trinajstić information content (AvgIpc) is 2.81. The molecule has 0 fully saturated rings. The van der Waals surface area contributed by atoms with E-state index in [4.69, 9.17) is 0 Å². The molecule has 2 bridgehead atoms. The number of hydrogen-bond acceptors (Lipinski definition) is 3. The van der Waals surface area contributed by atoms with E-state index in [1.807, 2.05) is 0 Å². The normalized spacial score (nSPS) is 25.0. The molecule has 2 aromatic carbocycles. The number of hydrogen-bond donors (Lipinski definition) is 0. The van der Waals surface area contributed by atoms with Crippen LogP contribution in [0.15, 0.2) is 41.2 Å². The van der Waals surface area contributed by atoms with E-state index in [0.717, 1.165) is 9.40 Å². The highest BCUT2D eigenvalue weighted by Crippen LogP contribution is 2.55. The summed E-state index contributed by atoms with van der Waals surface area (Å²) in [6.07, 6.45) is 6.04. The first-order chi connectivity index (χ1) is 10.5. The first kappa shape index (κ1) is 13.0. The third-order valence-corrected chi connectivity index (χ3v) is 7.43. The van der Waals surface area contributed by atoms with Crippen LogP contribution in [-0.2, 0) is 0 Å². The highest BCUT2D eigenvalue weighted by atomic mass is 32.2. The topological polar surface area (TPSA) is 17.1 Å². The maximum absolute atomic E-state index is 11.7. The predicted molar refractivity (Wildman–Crippen MR) is 96.5 cm³/mol. The molecule has 3 aromatic rings. The molecular formula is C19H16OS2. The summed E-state index contributed by atoms with van der Waals surface area (Å²) in [4.78, 5) is 11.7. The zero-order valence-electron chi connectivity index (χ0n) is 12.6. The van der Waals surface area contributed by atoms with Crippen molar-refractivity contribution in [2.75, 3.05) is 0 Å². The van der Waals surface area contributed by atoms with Crippen LogP contribution in [0.25, 0.3) is 20.2 Å². The quantitative estimate of drug-likeness (QED) is 0.489. The van der Waals surface area contributed by atoms with E-state index in [2.05, 4.69) is 50.3 Å². The van der Waals surface area contributed by atoms with Crippen molar-refractivity contribution in [3.05, 3.63) is 56.4 Å². The third-order valence-electron chi connectivity index (χ3n) is 5.35. The molecule has 3 aliphatic carbocycles. The molecule has 22 heavy (non-hydrogen) atoms. The Hall–Kier alpha value is -1.45. The first-order valence-electron chi connectivity index (χ1n) is 7.71. The summed E-state index contributed by atoms with van der Waals surface area (Å²) in [5, 5.41) is 2.55. The lowest BCUT2D eigenvalue weighted by Gasteiger charge is -2.46. The average molecular weight is 324 g/mol. The van der Waals surface area contributed by atoms with Gasteiger partial charge in [0.15, 0.2) is 0 Å². The molecule has 1 aromatic heterocycles. The summed E-state index contributed by atoms with van der Waals surface area (Å²) in [5.41, 5.74) is 3.34. The van der Waals surface area contributed by atoms with Gasteiger partial charge >= 0.3 is 0 Å². The van der Waals surface area contributed by atoms with E-state index in [-0.39, 0.29) is 4.06 Å². The Morgan fingerprint density at radius 2 is 1.59 bits per heavy atom. The van der Waals surface area contributed by atoms with Gasteiger partial charge in [-0.3, -0.25) is 4.79 Å². The molecule has 0 saturated carbocycles. The Balaban J connectivity index is 1.84. The van der Waals surface area contributed by atoms with Crippen LogP contribution in [0.2, 0.25) is 0 Å². The summed E-state index contributed by atoms with van der Waals surface area (Å²) in [5.74, 6) is 1.07. The molecule has 1 nitrogen and oxygen atoms in total. The molecule has 0 amide bonds. The van der Waals surface area contributed by atoms with Crippen LogP contribution < -0.4 is 4.06 Å². The number of benzene rings is 2. The third kappa shape index (κ3) is 1.67. The zero-order valence-corrected chi connectivity index (χ0v) is 14.2. The number of rotatable bonds is 0. The molecule has 0 spiro atoms. The van der Waals surface area contributed by atoms with Crippen molar-refractivity contribution in [1.29, 1.82) is 0 Å². The molecule has 0 saturated heterocycles. The first-order valence-corrected chi connectivity index (χ1v) is 9.34. The molecule has 2 atom stereocenters. The highest BCUT2D eigenvalue weighted by molar-refractivity contribution is 7.35. The van der Waals surface area contributed by atoms with Crippen LogP contribution in [0.3, 0.4) is 0 Å². The number of allylic oxidation sites excluding steroid dienone is 2. The fraction of sp³-hybridized carbons (Fsp3) is 0.316. The number of fused-ring (bicyclic) bond motifs is 3. The van der Waals surface area contributed by atoms with Crippen molar-refractivity contribution >= 4 is 42.8 Å². The molecule has 1 heterocycles. The highest BCUT2D eigenvalue weighted by Gasteiger charge is 2.41. The molecule has 0 radical (unpaired) electrons. The molecule has 2 unspecified atom stereocenters. The van der Waals surface area contributed by atoms with Gasteiger partial charge in [0.25, 0.3) is 4.06 Å². The van der Waals surface area contributed by atoms with Gasteiger partial charge in [0, 0.05) is 21.2 Å². The van der Waals surface area contributed by atoms with Crippen LogP contribution in [-0.4, -0.2) is 0 Å². The lowest BCUT2D eigenvalue weighted by atomic mass is 9.58. The van der Waals surface area contributed by atoms with Crippen LogP contribution in [0.1, 0.15) is 43.2 Å². The zero-order chi connectivity index (χ0) is 15.1. The van der Waals surface area contributed by atoms with Crippen LogP contribution in [0, 0.1) is 5.41 Å². The summed E-state index contributed by atoms with van der Waals surface area (Å²) in [7, 11) is 0. The molecule has 3 aliphatic rings. The minimum absolute atomic E-state index is 0.193. The largest absolute Gasteiger partial charge is 0.288 e. The fourth-order valence-corrected chi connectivity index (χ4v) is 6.30. The lowest BCUT2D eigenvalue weighted by molar-refractivity contribution is 0.251. The Bertz CT molecular complexity index is 1020. The van der Waals surface area contributed by atoms with E-state index in [0.29, 0.717) is 17.3 Å². The molecule has 0 aliphatic heterocycles. The lowest BCUT2D eigenvalue weighted by Crippen LogP contribution is -2.32. The Morgan fingerprint density at radius 3 is 2.23 bits per heavy atom. The van der Waals surface area contributed by atoms with E-state index >= 15 is 0 Å². The second-order valence-electron chi connectivity index (χ2n) is 7.24. The van der Waals surface area contributed by atoms with Gasteiger partial charge in [-0.25, -0.2) is 0 Å². The van der Waals surface area contributed by atoms with Gasteiger partial charge in [-0.2, -0.15) is 0 Å². The molecule has 110 valence electrons. The van der Waals surface area contributed by atoms with Crippen LogP contribution in [0.4, 0.5) is 0 Å². The predicted octanol–water partition coefficient (Wildman–Crippen LogP) is 5.64. The van der Waals surface area contributed by atoms with Gasteiger partial charge in [-0.05, 0) is 45.9 Å². The van der Waals surface area contributed by atoms with Gasteiger partial charge in [0.2, 0.25) is 0 Å². The van der Waals surface area contributed by atoms with Crippen molar-refractivity contribution < 1.29 is 0 Å². The summed E-state index contributed by atoms with van der Waals surface area (Å²) in [6, 6.07) is 9.15. The maximum Gasteiger partial charge on any atom is 0.288 e. The molecule has 6 rings (SSSR count). The van der Waals surface area contributed by atoms with Gasteiger partial charge in [0.1, 0.15) is 0 Å². The summed E-state index contributed by atoms with van der Waals surface area (Å²) in [6.45, 7) is 4.77. The maximum atomic E-state index is 11.7. The monoisotopic (exact) mass is 324 g/mol. The Kier molecular flexibility index (Phi) is 2.42. The van der Waals surface area contributed by atoms with Crippen LogP contribution in [0.5, 0.6) is 0 Å². The van der Waals surface area contributed by atoms with Crippen LogP contribution >= 0.6 is 22.7 Å². The SMILES string of the molecule is CC1(C)CC2C=CC1c1cc3cc4sc(=O)sc4cc3cc12. The molecule has 3 heteroatoms. The smallest absolute Gasteiger partial charge is 0.265 e. The second kappa shape index (κ2) is 4.09. The minimum Gasteiger partial charge on any atom is -0.265 e. The fourth-order valence-electron chi connectivity index (χ4n) is 4.30. The van der Waals surface area contributed by atoms with Gasteiger partial charge in [0.05, 0.1) is 0 Å². The van der Waals surface area contributed by atoms with Crippen molar-refractivity contribution in [3.63, 3.8) is 0 Å². The van der Waals surface area contributed by atoms with Crippen molar-refractivity contribution in [1.82, 2.24) is 0 Å². The van der Waals surface area contributed by atoms with E-state index < -0.39 is 0 Å². The van der Waals surface area contributed by atoms with Crippen molar-refractivity contribution in [2.45, 2.75) is 32.1 Å². The standard InChI is InChI=1S/C19H16OS2/c1-19(2)9-10-3-4-15(19)14-6-12-8-17-16(21-18(20)22-17)7-11(12)5-13(10)14/h3-8,10,15H,9H2,1-2H3. The second-order valence-corrected chi connectivity index (χ2v) is 9.53. The Morgan fingerprint density at radius 1 is 0.955 bits per heavy atom. The summed E-state index contributed by atoms with van der Waals surface area (Å²) >= 11 is 2.74. The van der Waals surface area contributed by atoms with Crippen molar-refractivity contribution in [3.8, 4) is 0 Å². The van der Waals surface area contributed by atoms with E-state index in [9.17, 15) is 4.79 Å². The summed E-state index contributed by atoms with van der Waals surface area (Å²) < 4.78 is 2.44. The van der Waals surface area contributed by atoms with E-state index in [1.54, 1.807) is 0 Å². The van der Waals surface area contributed by atoms with E-state index in [1.165, 1.54) is 51.0 Å². The molecular weight excluding hydrogens is 308 g/mol.